The van der Waals surface area contributed by atoms with Gasteiger partial charge in [0.15, 0.2) is 0 Å². The van der Waals surface area contributed by atoms with Crippen molar-refractivity contribution in [2.75, 3.05) is 24.7 Å². The molecule has 19 heavy (non-hydrogen) atoms. The molecule has 10 nitrogen and oxygen atoms in total. The van der Waals surface area contributed by atoms with Crippen LogP contribution in [0.4, 0.5) is 11.9 Å². The number of nitrogens with one attached hydrogen (secondary N) is 1. The Morgan fingerprint density at radius 1 is 1.47 bits per heavy atom. The van der Waals surface area contributed by atoms with E-state index >= 15 is 0 Å². The molecule has 0 amide bonds. The van der Waals surface area contributed by atoms with Crippen molar-refractivity contribution in [1.82, 2.24) is 29.7 Å². The van der Waals surface area contributed by atoms with Crippen LogP contribution in [0.1, 0.15) is 6.42 Å². The second kappa shape index (κ2) is 5.71. The summed E-state index contributed by atoms with van der Waals surface area (Å²) in [6.45, 7) is 0.326. The van der Waals surface area contributed by atoms with Gasteiger partial charge in [0.2, 0.25) is 11.9 Å². The van der Waals surface area contributed by atoms with E-state index in [9.17, 15) is 4.79 Å². The molecule has 0 aliphatic carbocycles. The summed E-state index contributed by atoms with van der Waals surface area (Å²) in [6.07, 6.45) is 2.98. The molecule has 0 aliphatic rings. The lowest BCUT2D eigenvalue weighted by Crippen LogP contribution is -2.14. The van der Waals surface area contributed by atoms with Crippen LogP contribution < -0.4 is 11.1 Å². The molecule has 0 unspecified atom stereocenters. The molecule has 0 saturated heterocycles. The minimum Gasteiger partial charge on any atom is -0.469 e. The summed E-state index contributed by atoms with van der Waals surface area (Å²) in [5.41, 5.74) is 5.57. The molecule has 0 atom stereocenters. The summed E-state index contributed by atoms with van der Waals surface area (Å²) in [6, 6.07) is 0. The van der Waals surface area contributed by atoms with E-state index in [0.717, 1.165) is 0 Å². The zero-order valence-electron chi connectivity index (χ0n) is 10.1. The van der Waals surface area contributed by atoms with Gasteiger partial charge >= 0.3 is 5.97 Å². The fourth-order valence-electron chi connectivity index (χ4n) is 1.25. The quantitative estimate of drug-likeness (QED) is 0.652. The lowest BCUT2D eigenvalue weighted by molar-refractivity contribution is -0.140. The van der Waals surface area contributed by atoms with Crippen molar-refractivity contribution in [3.05, 3.63) is 12.7 Å². The molecule has 100 valence electrons. The van der Waals surface area contributed by atoms with Crippen LogP contribution in [-0.2, 0) is 9.53 Å². The molecule has 10 heteroatoms. The van der Waals surface area contributed by atoms with Gasteiger partial charge in [-0.3, -0.25) is 4.79 Å². The summed E-state index contributed by atoms with van der Waals surface area (Å²) in [5.74, 6) is 0.208. The Balaban J connectivity index is 2.07. The summed E-state index contributed by atoms with van der Waals surface area (Å²) in [5, 5.41) is 6.73. The van der Waals surface area contributed by atoms with Gasteiger partial charge in [-0.25, -0.2) is 4.98 Å². The first kappa shape index (κ1) is 12.7. The molecule has 0 fully saturated rings. The third-order valence-corrected chi connectivity index (χ3v) is 2.10. The highest BCUT2D eigenvalue weighted by Crippen LogP contribution is 2.05. The number of carbonyl (C=O) groups is 1. The second-order valence-corrected chi connectivity index (χ2v) is 3.41. The number of methoxy groups -OCH3 is 1. The van der Waals surface area contributed by atoms with Crippen molar-refractivity contribution in [2.45, 2.75) is 6.42 Å². The van der Waals surface area contributed by atoms with Crippen LogP contribution in [0.25, 0.3) is 5.95 Å². The highest BCUT2D eigenvalue weighted by Gasteiger charge is 2.07. The molecule has 0 aromatic carbocycles. The molecule has 2 aromatic rings. The van der Waals surface area contributed by atoms with Gasteiger partial charge in [0.1, 0.15) is 12.7 Å². The van der Waals surface area contributed by atoms with Crippen molar-refractivity contribution in [3.8, 4) is 5.95 Å². The van der Waals surface area contributed by atoms with Crippen molar-refractivity contribution in [3.63, 3.8) is 0 Å². The molecule has 3 N–H and O–H groups in total. The third-order valence-electron chi connectivity index (χ3n) is 2.10. The number of hydrogen-bond donors (Lipinski definition) is 2. The van der Waals surface area contributed by atoms with Gasteiger partial charge in [0.05, 0.1) is 13.5 Å². The van der Waals surface area contributed by atoms with Gasteiger partial charge < -0.3 is 15.8 Å². The maximum absolute atomic E-state index is 11.0. The van der Waals surface area contributed by atoms with Gasteiger partial charge in [-0.1, -0.05) is 0 Å². The minimum atomic E-state index is -0.328. The van der Waals surface area contributed by atoms with Crippen LogP contribution in [-0.4, -0.2) is 49.3 Å². The van der Waals surface area contributed by atoms with Crippen LogP contribution in [0.5, 0.6) is 0 Å². The van der Waals surface area contributed by atoms with E-state index in [1.807, 2.05) is 0 Å². The van der Waals surface area contributed by atoms with Crippen molar-refractivity contribution in [1.29, 1.82) is 0 Å². The fourth-order valence-corrected chi connectivity index (χ4v) is 1.25. The fraction of sp³-hybridized carbons (Fsp3) is 0.333. The largest absolute Gasteiger partial charge is 0.469 e. The number of ether oxygens (including phenoxy) is 1. The number of esters is 1. The van der Waals surface area contributed by atoms with Crippen molar-refractivity contribution >= 4 is 17.9 Å². The molecule has 2 heterocycles. The monoisotopic (exact) mass is 264 g/mol. The average molecular weight is 264 g/mol. The molecule has 0 saturated carbocycles. The average Bonchev–Trinajstić information content (AvgIpc) is 2.91. The number of nitrogens with two attached hydrogens (primary N) is 1. The Morgan fingerprint density at radius 3 is 3.00 bits per heavy atom. The summed E-state index contributed by atoms with van der Waals surface area (Å²) in [7, 11) is 1.33. The van der Waals surface area contributed by atoms with Crippen LogP contribution in [0.3, 0.4) is 0 Å². The first-order valence-corrected chi connectivity index (χ1v) is 5.36. The van der Waals surface area contributed by atoms with Crippen LogP contribution in [0, 0.1) is 0 Å². The SMILES string of the molecule is COC(=O)CCNc1nc(N)nc(-n2cncn2)n1. The van der Waals surface area contributed by atoms with Crippen LogP contribution in [0.2, 0.25) is 0 Å². The molecule has 2 rings (SSSR count). The summed E-state index contributed by atoms with van der Waals surface area (Å²) in [4.78, 5) is 26.7. The smallest absolute Gasteiger partial charge is 0.307 e. The Labute approximate surface area is 108 Å². The van der Waals surface area contributed by atoms with Gasteiger partial charge in [-0.05, 0) is 0 Å². The first-order valence-electron chi connectivity index (χ1n) is 5.36. The zero-order chi connectivity index (χ0) is 13.7. The normalized spacial score (nSPS) is 10.2. The molecule has 0 bridgehead atoms. The number of carbonyl (C=O) groups excluding carboxylic acids is 1. The van der Waals surface area contributed by atoms with E-state index in [1.54, 1.807) is 0 Å². The number of nitrogen functional groups attached to an aromatic ring is 1. The van der Waals surface area contributed by atoms with Crippen molar-refractivity contribution in [2.24, 2.45) is 0 Å². The molecule has 2 aromatic heterocycles. The number of rotatable bonds is 5. The Bertz CT molecular complexity index is 555. The Hall–Kier alpha value is -2.78. The summed E-state index contributed by atoms with van der Waals surface area (Å²) < 4.78 is 5.87. The number of aromatic nitrogens is 6. The highest BCUT2D eigenvalue weighted by molar-refractivity contribution is 5.69. The lowest BCUT2D eigenvalue weighted by atomic mass is 10.4. The highest BCUT2D eigenvalue weighted by atomic mass is 16.5. The standard InChI is InChI=1S/C9H12N8O2/c1-19-6(18)2-3-12-8-14-7(10)15-9(16-8)17-5-11-4-13-17/h4-5H,2-3H2,1H3,(H3,10,12,14,15,16). The van der Waals surface area contributed by atoms with Gasteiger partial charge in [-0.15, -0.1) is 0 Å². The number of nitrogens with zero attached hydrogens (tertiary/aromatic N) is 6. The molecule has 0 spiro atoms. The van der Waals surface area contributed by atoms with E-state index < -0.39 is 0 Å². The number of anilines is 2. The Kier molecular flexibility index (Phi) is 3.81. The van der Waals surface area contributed by atoms with Gasteiger partial charge in [0, 0.05) is 6.54 Å². The van der Waals surface area contributed by atoms with Crippen molar-refractivity contribution < 1.29 is 9.53 Å². The maximum Gasteiger partial charge on any atom is 0.307 e. The van der Waals surface area contributed by atoms with E-state index in [2.05, 4.69) is 35.1 Å². The van der Waals surface area contributed by atoms with Gasteiger partial charge in [-0.2, -0.15) is 24.7 Å². The van der Waals surface area contributed by atoms with E-state index in [4.69, 9.17) is 5.73 Å². The number of hydrogen-bond acceptors (Lipinski definition) is 9. The maximum atomic E-state index is 11.0. The molecule has 0 radical (unpaired) electrons. The zero-order valence-corrected chi connectivity index (χ0v) is 10.1. The molecular weight excluding hydrogens is 252 g/mol. The van der Waals surface area contributed by atoms with E-state index in [1.165, 1.54) is 24.4 Å². The third kappa shape index (κ3) is 3.34. The summed E-state index contributed by atoms with van der Waals surface area (Å²) >= 11 is 0. The van der Waals surface area contributed by atoms with Crippen LogP contribution in [0.15, 0.2) is 12.7 Å². The van der Waals surface area contributed by atoms with Gasteiger partial charge in [0.25, 0.3) is 5.95 Å². The minimum absolute atomic E-state index is 0.0427. The van der Waals surface area contributed by atoms with E-state index in [0.29, 0.717) is 6.54 Å². The molecule has 0 aliphatic heterocycles. The molecular formula is C9H12N8O2. The first-order chi connectivity index (χ1) is 9.19. The predicted octanol–water partition coefficient (Wildman–Crippen LogP) is -0.990. The van der Waals surface area contributed by atoms with Crippen LogP contribution >= 0.6 is 0 Å². The topological polar surface area (TPSA) is 134 Å². The lowest BCUT2D eigenvalue weighted by Gasteiger charge is -2.06. The predicted molar refractivity (Wildman–Crippen MR) is 64.3 cm³/mol. The Morgan fingerprint density at radius 2 is 2.32 bits per heavy atom. The van der Waals surface area contributed by atoms with E-state index in [-0.39, 0.29) is 30.2 Å². The second-order valence-electron chi connectivity index (χ2n) is 3.41.